The van der Waals surface area contributed by atoms with E-state index in [1.165, 1.54) is 10.8 Å². The van der Waals surface area contributed by atoms with E-state index >= 15 is 0 Å². The molecule has 34 valence electrons. The summed E-state index contributed by atoms with van der Waals surface area (Å²) in [5.41, 5.74) is 0.137. The summed E-state index contributed by atoms with van der Waals surface area (Å²) in [5, 5.41) is 0. The minimum absolute atomic E-state index is 0.137. The van der Waals surface area contributed by atoms with Gasteiger partial charge in [0.25, 0.3) is 0 Å². The summed E-state index contributed by atoms with van der Waals surface area (Å²) in [7, 11) is 1.27. The van der Waals surface area contributed by atoms with E-state index in [-0.39, 0.29) is 5.71 Å². The molecule has 0 fully saturated rings. The Morgan fingerprint density at radius 2 is 1.83 bits per heavy atom. The molecule has 0 aliphatic carbocycles. The highest BCUT2D eigenvalue weighted by atomic mass is 32.5. The van der Waals surface area contributed by atoms with Gasteiger partial charge < -0.3 is 9.79 Å². The predicted molar refractivity (Wildman–Crippen MR) is 30.3 cm³/mol. The van der Waals surface area contributed by atoms with Crippen LogP contribution in [0.25, 0.3) is 0 Å². The molecule has 2 nitrogen and oxygen atoms in total. The zero-order valence-corrected chi connectivity index (χ0v) is 5.04. The van der Waals surface area contributed by atoms with Crippen LogP contribution in [-0.4, -0.2) is 15.5 Å². The van der Waals surface area contributed by atoms with E-state index in [9.17, 15) is 0 Å². The lowest BCUT2D eigenvalue weighted by molar-refractivity contribution is 0.501. The van der Waals surface area contributed by atoms with Gasteiger partial charge in [-0.05, 0) is 6.82 Å². The molecule has 0 aromatic rings. The Labute approximate surface area is 40.3 Å². The molecule has 1 heterocycles. The molecule has 5 heteroatoms. The molecule has 0 bridgehead atoms. The molecule has 1 rings (SSSR count). The molecule has 0 aromatic carbocycles. The van der Waals surface area contributed by atoms with Gasteiger partial charge in [0.2, 0.25) is 0 Å². The van der Waals surface area contributed by atoms with E-state index in [4.69, 9.17) is 9.79 Å². The molecule has 0 radical (unpaired) electrons. The first kappa shape index (κ1) is 4.79. The van der Waals surface area contributed by atoms with Crippen molar-refractivity contribution in [1.82, 2.24) is 0 Å². The lowest BCUT2D eigenvalue weighted by atomic mass is 10.2. The maximum Gasteiger partial charge on any atom is 0.636 e. The van der Waals surface area contributed by atoms with Crippen LogP contribution in [-0.2, 0) is 10.8 Å². The third kappa shape index (κ3) is 0.660. The van der Waals surface area contributed by atoms with Crippen LogP contribution in [0.15, 0.2) is 0 Å². The quantitative estimate of drug-likeness (QED) is 0.269. The molecule has 2 N–H and O–H groups in total. The smallest absolute Gasteiger partial charge is 0.316 e. The standard InChI is InChI=1S/CH5BO2PS/c1-2-5(3,4)6-2/h3-4H,1H3/q+1. The van der Waals surface area contributed by atoms with Crippen molar-refractivity contribution < 1.29 is 9.79 Å². The van der Waals surface area contributed by atoms with Gasteiger partial charge in [0.05, 0.1) is 0 Å². The SMILES string of the molecule is CB1[S+]=P1(O)O. The molecular formula is CH5BO2PS+. The average molecular weight is 123 g/mol. The summed E-state index contributed by atoms with van der Waals surface area (Å²) in [6.07, 6.45) is -2.31. The van der Waals surface area contributed by atoms with Crippen molar-refractivity contribution in [2.24, 2.45) is 0 Å². The van der Waals surface area contributed by atoms with E-state index < -0.39 is 6.37 Å². The largest absolute Gasteiger partial charge is 0.636 e. The second-order valence-electron chi connectivity index (χ2n) is 1.29. The summed E-state index contributed by atoms with van der Waals surface area (Å²) in [5.74, 6) is 0. The minimum atomic E-state index is -2.31. The summed E-state index contributed by atoms with van der Waals surface area (Å²) in [6, 6.07) is 0. The van der Waals surface area contributed by atoms with E-state index in [1.807, 2.05) is 6.82 Å². The fourth-order valence-corrected chi connectivity index (χ4v) is 2.53. The normalized spacial score (nSPS) is 26.2. The third-order valence-electron chi connectivity index (χ3n) is 0.736. The Bertz CT molecular complexity index is 117. The van der Waals surface area contributed by atoms with E-state index in [0.717, 1.165) is 0 Å². The van der Waals surface area contributed by atoms with Gasteiger partial charge in [-0.15, -0.1) is 0 Å². The monoisotopic (exact) mass is 123 g/mol. The van der Waals surface area contributed by atoms with Crippen molar-refractivity contribution in [2.45, 2.75) is 6.82 Å². The Kier molecular flexibility index (Phi) is 0.854. The van der Waals surface area contributed by atoms with Crippen molar-refractivity contribution >= 4 is 22.9 Å². The van der Waals surface area contributed by atoms with Gasteiger partial charge in [-0.25, -0.2) is 0 Å². The molecule has 1 aliphatic rings. The van der Waals surface area contributed by atoms with Crippen LogP contribution in [0.2, 0.25) is 6.82 Å². The van der Waals surface area contributed by atoms with Crippen molar-refractivity contribution in [3.05, 3.63) is 0 Å². The fraction of sp³-hybridized carbons (Fsp3) is 1.00. The van der Waals surface area contributed by atoms with Gasteiger partial charge in [0, 0.05) is 0 Å². The third-order valence-corrected chi connectivity index (χ3v) is 5.24. The van der Waals surface area contributed by atoms with Crippen molar-refractivity contribution in [1.29, 1.82) is 0 Å². The first-order chi connectivity index (χ1) is 2.63. The van der Waals surface area contributed by atoms with Crippen LogP contribution in [0, 0.1) is 0 Å². The number of hydrogen-bond donors (Lipinski definition) is 2. The van der Waals surface area contributed by atoms with Gasteiger partial charge >= 0.3 is 12.1 Å². The Balaban J connectivity index is 2.60. The average Bonchev–Trinajstić information content (AvgIpc) is 1.73. The molecule has 0 aromatic heterocycles. The Hall–Kier alpha value is 0.635. The first-order valence-corrected chi connectivity index (χ1v) is 4.90. The van der Waals surface area contributed by atoms with Crippen molar-refractivity contribution in [3.8, 4) is 0 Å². The van der Waals surface area contributed by atoms with Crippen molar-refractivity contribution in [3.63, 3.8) is 0 Å². The van der Waals surface area contributed by atoms with Crippen LogP contribution in [0.1, 0.15) is 0 Å². The highest BCUT2D eigenvalue weighted by Crippen LogP contribution is 2.54. The molecular weight excluding hydrogens is 118 g/mol. The van der Waals surface area contributed by atoms with Gasteiger partial charge in [-0.2, -0.15) is 0 Å². The molecule has 0 saturated heterocycles. The Morgan fingerprint density at radius 3 is 1.83 bits per heavy atom. The van der Waals surface area contributed by atoms with Gasteiger partial charge in [-0.3, -0.25) is 0 Å². The Morgan fingerprint density at radius 1 is 1.67 bits per heavy atom. The van der Waals surface area contributed by atoms with Crippen LogP contribution in [0.4, 0.5) is 0 Å². The van der Waals surface area contributed by atoms with E-state index in [2.05, 4.69) is 0 Å². The fourth-order valence-electron chi connectivity index (χ4n) is 0.197. The lowest BCUT2D eigenvalue weighted by Gasteiger charge is -1.68. The molecule has 1 aliphatic heterocycles. The van der Waals surface area contributed by atoms with E-state index in [0.29, 0.717) is 0 Å². The molecule has 6 heavy (non-hydrogen) atoms. The maximum absolute atomic E-state index is 8.53. The molecule has 0 amide bonds. The van der Waals surface area contributed by atoms with Gasteiger partial charge in [0.1, 0.15) is 10.8 Å². The van der Waals surface area contributed by atoms with Crippen LogP contribution in [0.3, 0.4) is 0 Å². The highest BCUT2D eigenvalue weighted by Gasteiger charge is 2.62. The van der Waals surface area contributed by atoms with Crippen LogP contribution >= 0.6 is 6.37 Å². The van der Waals surface area contributed by atoms with Gasteiger partial charge in [-0.1, -0.05) is 0 Å². The van der Waals surface area contributed by atoms with Crippen LogP contribution in [0.5, 0.6) is 0 Å². The zero-order valence-electron chi connectivity index (χ0n) is 3.33. The number of rotatable bonds is 0. The molecule has 0 atom stereocenters. The topological polar surface area (TPSA) is 40.5 Å². The second-order valence-corrected chi connectivity index (χ2v) is 6.76. The maximum atomic E-state index is 8.53. The first-order valence-electron chi connectivity index (χ1n) is 1.65. The van der Waals surface area contributed by atoms with Gasteiger partial charge in [0.15, 0.2) is 0 Å². The minimum Gasteiger partial charge on any atom is -0.316 e. The summed E-state index contributed by atoms with van der Waals surface area (Å²) >= 11 is 0. The summed E-state index contributed by atoms with van der Waals surface area (Å²) in [6.45, 7) is 1.82. The van der Waals surface area contributed by atoms with E-state index in [1.54, 1.807) is 0 Å². The van der Waals surface area contributed by atoms with Crippen LogP contribution < -0.4 is 0 Å². The molecule has 0 unspecified atom stereocenters. The zero-order chi connectivity index (χ0) is 4.78. The van der Waals surface area contributed by atoms with Crippen molar-refractivity contribution in [2.75, 3.05) is 0 Å². The molecule has 0 saturated carbocycles. The second kappa shape index (κ2) is 1.07. The summed E-state index contributed by atoms with van der Waals surface area (Å²) < 4.78 is 0. The lowest BCUT2D eigenvalue weighted by Crippen LogP contribution is -1.79. The highest BCUT2D eigenvalue weighted by molar-refractivity contribution is 8.70. The molecule has 0 spiro atoms. The number of hydrogen-bond acceptors (Lipinski definition) is 0. The summed E-state index contributed by atoms with van der Waals surface area (Å²) in [4.78, 5) is 17.1. The predicted octanol–water partition coefficient (Wildman–Crippen LogP) is -0.0522.